The highest BCUT2D eigenvalue weighted by molar-refractivity contribution is 5.72. The Labute approximate surface area is 107 Å². The van der Waals surface area contributed by atoms with E-state index in [1.807, 2.05) is 0 Å². The molecule has 3 atom stereocenters. The number of aromatic nitrogens is 2. The first kappa shape index (κ1) is 13.5. The fourth-order valence-electron chi connectivity index (χ4n) is 2.01. The smallest absolute Gasteiger partial charge is 0.276 e. The van der Waals surface area contributed by atoms with Gasteiger partial charge in [-0.25, -0.2) is 4.98 Å². The molecule has 0 radical (unpaired) electrons. The largest absolute Gasteiger partial charge is 0.394 e. The van der Waals surface area contributed by atoms with Crippen LogP contribution in [0, 0.1) is 0 Å². The van der Waals surface area contributed by atoms with Gasteiger partial charge in [-0.1, -0.05) is 0 Å². The molecule has 9 nitrogen and oxygen atoms in total. The first-order valence-electron chi connectivity index (χ1n) is 5.61. The molecule has 1 aliphatic heterocycles. The normalized spacial score (nSPS) is 26.3. The number of nitrogens with zero attached hydrogens (tertiary/aromatic N) is 1. The third kappa shape index (κ3) is 2.57. The van der Waals surface area contributed by atoms with Gasteiger partial charge in [0.1, 0.15) is 23.6 Å². The van der Waals surface area contributed by atoms with Crippen molar-refractivity contribution in [1.29, 1.82) is 0 Å². The van der Waals surface area contributed by atoms with Crippen LogP contribution in [-0.2, 0) is 9.53 Å². The molecule has 1 amide bonds. The summed E-state index contributed by atoms with van der Waals surface area (Å²) in [7, 11) is 0. The molecule has 104 valence electrons. The fraction of sp³-hybridized carbons (Fsp3) is 0.500. The van der Waals surface area contributed by atoms with Gasteiger partial charge in [-0.15, -0.1) is 0 Å². The lowest BCUT2D eigenvalue weighted by atomic mass is 10.1. The Hall–Kier alpha value is -1.97. The summed E-state index contributed by atoms with van der Waals surface area (Å²) in [6.07, 6.45) is -1.87. The molecule has 2 heterocycles. The zero-order chi connectivity index (χ0) is 14.0. The van der Waals surface area contributed by atoms with Gasteiger partial charge in [0.2, 0.25) is 12.4 Å². The Morgan fingerprint density at radius 1 is 1.63 bits per heavy atom. The van der Waals surface area contributed by atoms with Crippen molar-refractivity contribution in [3.05, 3.63) is 16.0 Å². The summed E-state index contributed by atoms with van der Waals surface area (Å²) in [5, 5.41) is 20.9. The Morgan fingerprint density at radius 2 is 2.37 bits per heavy atom. The van der Waals surface area contributed by atoms with Crippen molar-refractivity contribution >= 4 is 18.0 Å². The van der Waals surface area contributed by atoms with Crippen LogP contribution < -0.4 is 16.6 Å². The molecule has 1 aromatic rings. The number of rotatable bonds is 4. The molecule has 0 aliphatic carbocycles. The molecule has 0 saturated carbocycles. The molecule has 6 N–H and O–H groups in total. The van der Waals surface area contributed by atoms with Gasteiger partial charge in [0.25, 0.3) is 5.56 Å². The second-order valence-electron chi connectivity index (χ2n) is 4.12. The number of nitrogen functional groups attached to an aromatic ring is 1. The van der Waals surface area contributed by atoms with E-state index in [1.54, 1.807) is 0 Å². The van der Waals surface area contributed by atoms with E-state index in [0.717, 1.165) is 0 Å². The lowest BCUT2D eigenvalue weighted by Crippen LogP contribution is -2.24. The summed E-state index contributed by atoms with van der Waals surface area (Å²) in [4.78, 5) is 28.4. The van der Waals surface area contributed by atoms with E-state index in [1.165, 1.54) is 0 Å². The summed E-state index contributed by atoms with van der Waals surface area (Å²) in [6, 6.07) is 0. The molecule has 0 unspecified atom stereocenters. The number of hydrogen-bond acceptors (Lipinski definition) is 7. The van der Waals surface area contributed by atoms with E-state index in [-0.39, 0.29) is 30.4 Å². The van der Waals surface area contributed by atoms with Crippen molar-refractivity contribution in [3.63, 3.8) is 0 Å². The summed E-state index contributed by atoms with van der Waals surface area (Å²) < 4.78 is 5.38. The van der Waals surface area contributed by atoms with E-state index in [4.69, 9.17) is 15.6 Å². The third-order valence-electron chi connectivity index (χ3n) is 2.88. The van der Waals surface area contributed by atoms with Crippen molar-refractivity contribution in [1.82, 2.24) is 9.97 Å². The van der Waals surface area contributed by atoms with E-state index in [0.29, 0.717) is 6.41 Å². The van der Waals surface area contributed by atoms with Crippen LogP contribution in [0.25, 0.3) is 0 Å². The highest BCUT2D eigenvalue weighted by Gasteiger charge is 2.36. The lowest BCUT2D eigenvalue weighted by Gasteiger charge is -2.14. The van der Waals surface area contributed by atoms with Gasteiger partial charge in [0.05, 0.1) is 12.7 Å². The maximum atomic E-state index is 11.7. The molecule has 0 aromatic carbocycles. The molecular weight excluding hydrogens is 256 g/mol. The molecule has 1 aliphatic rings. The fourth-order valence-corrected chi connectivity index (χ4v) is 2.01. The topological polar surface area (TPSA) is 151 Å². The number of aliphatic hydroxyl groups excluding tert-OH is 2. The number of anilines is 2. The highest BCUT2D eigenvalue weighted by Crippen LogP contribution is 2.34. The number of hydrogen-bond donors (Lipinski definition) is 5. The molecule has 0 bridgehead atoms. The average molecular weight is 270 g/mol. The van der Waals surface area contributed by atoms with Crippen molar-refractivity contribution in [2.24, 2.45) is 0 Å². The van der Waals surface area contributed by atoms with Gasteiger partial charge in [0, 0.05) is 6.42 Å². The standard InChI is InChI=1S/C10H14N4O5/c11-10-13-7(8(12-3-16)9(18)14-10)5-1-4(17)6(2-15)19-5/h3-6,15,17H,1-2H2,(H,12,16)(H3,11,13,14,18)/t4-,5+,6+/m0/s1. The predicted molar refractivity (Wildman–Crippen MR) is 64.3 cm³/mol. The molecular formula is C10H14N4O5. The number of nitrogens with two attached hydrogens (primary N) is 1. The second-order valence-corrected chi connectivity index (χ2v) is 4.12. The second kappa shape index (κ2) is 5.34. The van der Waals surface area contributed by atoms with Crippen LogP contribution in [0.5, 0.6) is 0 Å². The first-order chi connectivity index (χ1) is 9.06. The Balaban J connectivity index is 2.39. The van der Waals surface area contributed by atoms with Crippen molar-refractivity contribution in [2.75, 3.05) is 17.7 Å². The van der Waals surface area contributed by atoms with E-state index >= 15 is 0 Å². The summed E-state index contributed by atoms with van der Waals surface area (Å²) >= 11 is 0. The van der Waals surface area contributed by atoms with Crippen LogP contribution in [0.1, 0.15) is 18.2 Å². The predicted octanol–water partition coefficient (Wildman–Crippen LogP) is -1.90. The maximum absolute atomic E-state index is 11.7. The molecule has 1 fully saturated rings. The summed E-state index contributed by atoms with van der Waals surface area (Å²) in [5.41, 5.74) is 4.88. The highest BCUT2D eigenvalue weighted by atomic mass is 16.5. The molecule has 19 heavy (non-hydrogen) atoms. The number of carbonyl (C=O) groups excluding carboxylic acids is 1. The minimum Gasteiger partial charge on any atom is -0.394 e. The van der Waals surface area contributed by atoms with Gasteiger partial charge in [-0.05, 0) is 0 Å². The van der Waals surface area contributed by atoms with E-state index < -0.39 is 23.9 Å². The maximum Gasteiger partial charge on any atom is 0.276 e. The zero-order valence-corrected chi connectivity index (χ0v) is 9.87. The molecule has 0 spiro atoms. The SMILES string of the molecule is Nc1nc([C@H]2C[C@H](O)[C@@H](CO)O2)c(NC=O)c(=O)[nH]1. The number of H-pyrrole nitrogens is 1. The van der Waals surface area contributed by atoms with Crippen LogP contribution >= 0.6 is 0 Å². The lowest BCUT2D eigenvalue weighted by molar-refractivity contribution is -0.105. The van der Waals surface area contributed by atoms with Crippen LogP contribution in [0.2, 0.25) is 0 Å². The number of carbonyl (C=O) groups is 1. The van der Waals surface area contributed by atoms with E-state index in [9.17, 15) is 14.7 Å². The molecule has 1 aromatic heterocycles. The summed E-state index contributed by atoms with van der Waals surface area (Å²) in [5.74, 6) is -0.123. The number of ether oxygens (including phenoxy) is 1. The van der Waals surface area contributed by atoms with Crippen LogP contribution in [0.3, 0.4) is 0 Å². The van der Waals surface area contributed by atoms with Crippen LogP contribution in [0.4, 0.5) is 11.6 Å². The van der Waals surface area contributed by atoms with Crippen molar-refractivity contribution < 1.29 is 19.7 Å². The van der Waals surface area contributed by atoms with Crippen LogP contribution in [0.15, 0.2) is 4.79 Å². The van der Waals surface area contributed by atoms with Gasteiger partial charge in [-0.2, -0.15) is 0 Å². The minimum absolute atomic E-state index is 0.0833. The monoisotopic (exact) mass is 270 g/mol. The third-order valence-corrected chi connectivity index (χ3v) is 2.88. The first-order valence-corrected chi connectivity index (χ1v) is 5.61. The van der Waals surface area contributed by atoms with Gasteiger partial charge in [-0.3, -0.25) is 14.6 Å². The minimum atomic E-state index is -0.874. The van der Waals surface area contributed by atoms with Gasteiger partial charge >= 0.3 is 0 Å². The number of nitrogens with one attached hydrogen (secondary N) is 2. The molecule has 9 heteroatoms. The van der Waals surface area contributed by atoms with Gasteiger partial charge < -0.3 is 26.0 Å². The Morgan fingerprint density at radius 3 is 2.95 bits per heavy atom. The molecule has 2 rings (SSSR count). The number of aliphatic hydroxyl groups is 2. The number of aromatic amines is 1. The Bertz CT molecular complexity index is 531. The van der Waals surface area contributed by atoms with Crippen molar-refractivity contribution in [3.8, 4) is 0 Å². The molecule has 1 saturated heterocycles. The Kier molecular flexibility index (Phi) is 3.79. The average Bonchev–Trinajstić information content (AvgIpc) is 2.73. The summed E-state index contributed by atoms with van der Waals surface area (Å²) in [6.45, 7) is -0.354. The van der Waals surface area contributed by atoms with Gasteiger partial charge in [0.15, 0.2) is 0 Å². The van der Waals surface area contributed by atoms with Crippen molar-refractivity contribution in [2.45, 2.75) is 24.7 Å². The van der Waals surface area contributed by atoms with Crippen LogP contribution in [-0.4, -0.2) is 45.4 Å². The zero-order valence-electron chi connectivity index (χ0n) is 9.87. The van der Waals surface area contributed by atoms with E-state index in [2.05, 4.69) is 15.3 Å². The number of amides is 1. The quantitative estimate of drug-likeness (QED) is 0.401.